The van der Waals surface area contributed by atoms with Crippen molar-refractivity contribution in [3.63, 3.8) is 0 Å². The summed E-state index contributed by atoms with van der Waals surface area (Å²) in [6.07, 6.45) is 0.343. The second kappa shape index (κ2) is 2.93. The lowest BCUT2D eigenvalue weighted by Gasteiger charge is -2.14. The largest absolute Gasteiger partial charge is 0.391 e. The van der Waals surface area contributed by atoms with Gasteiger partial charge in [-0.2, -0.15) is 0 Å². The average molecular weight is 140 g/mol. The SMILES string of the molecule is [B][C@@H]1C[C@H](CC)C(O)C1O. The predicted octanol–water partition coefficient (Wildman–Crippen LogP) is 0.0951. The molecule has 2 N–H and O–H groups in total. The van der Waals surface area contributed by atoms with Crippen LogP contribution in [0.15, 0.2) is 0 Å². The molecule has 1 rings (SSSR count). The van der Waals surface area contributed by atoms with E-state index in [1.54, 1.807) is 0 Å². The van der Waals surface area contributed by atoms with Crippen molar-refractivity contribution in [2.45, 2.75) is 37.8 Å². The third-order valence-electron chi connectivity index (χ3n) is 2.37. The summed E-state index contributed by atoms with van der Waals surface area (Å²) in [7, 11) is 5.52. The van der Waals surface area contributed by atoms with Crippen molar-refractivity contribution in [3.05, 3.63) is 0 Å². The van der Waals surface area contributed by atoms with Crippen LogP contribution in [0.25, 0.3) is 0 Å². The lowest BCUT2D eigenvalue weighted by molar-refractivity contribution is 0.0202. The predicted molar refractivity (Wildman–Crippen MR) is 39.9 cm³/mol. The number of rotatable bonds is 1. The summed E-state index contributed by atoms with van der Waals surface area (Å²) in [4.78, 5) is 0. The van der Waals surface area contributed by atoms with Gasteiger partial charge in [0.2, 0.25) is 0 Å². The number of aliphatic hydroxyl groups excluding tert-OH is 2. The summed E-state index contributed by atoms with van der Waals surface area (Å²) in [6, 6.07) is 0. The molecule has 0 heterocycles. The highest BCUT2D eigenvalue weighted by Gasteiger charge is 2.36. The maximum Gasteiger partial charge on any atom is 0.0822 e. The fraction of sp³-hybridized carbons (Fsp3) is 1.00. The van der Waals surface area contributed by atoms with Crippen molar-refractivity contribution in [2.24, 2.45) is 5.92 Å². The monoisotopic (exact) mass is 140 g/mol. The van der Waals surface area contributed by atoms with Crippen molar-refractivity contribution in [1.82, 2.24) is 0 Å². The summed E-state index contributed by atoms with van der Waals surface area (Å²) < 4.78 is 0. The minimum Gasteiger partial charge on any atom is -0.391 e. The minimum atomic E-state index is -0.704. The normalized spacial score (nSPS) is 47.9. The van der Waals surface area contributed by atoms with Gasteiger partial charge in [0.05, 0.1) is 20.1 Å². The van der Waals surface area contributed by atoms with E-state index in [0.29, 0.717) is 0 Å². The zero-order chi connectivity index (χ0) is 7.72. The second-order valence-electron chi connectivity index (χ2n) is 3.05. The Hall–Kier alpha value is -0.0151. The van der Waals surface area contributed by atoms with E-state index in [4.69, 9.17) is 7.85 Å². The molecule has 2 unspecified atom stereocenters. The Balaban J connectivity index is 2.53. The van der Waals surface area contributed by atoms with Crippen molar-refractivity contribution < 1.29 is 10.2 Å². The molecule has 1 saturated carbocycles. The topological polar surface area (TPSA) is 40.5 Å². The first kappa shape index (κ1) is 8.09. The third kappa shape index (κ3) is 1.20. The Labute approximate surface area is 62.7 Å². The summed E-state index contributed by atoms with van der Waals surface area (Å²) >= 11 is 0. The first-order chi connectivity index (χ1) is 4.66. The minimum absolute atomic E-state index is 0.199. The molecular formula is C7H13BO2. The average Bonchev–Trinajstić information content (AvgIpc) is 2.17. The maximum absolute atomic E-state index is 9.30. The molecule has 2 radical (unpaired) electrons. The van der Waals surface area contributed by atoms with E-state index in [0.717, 1.165) is 12.8 Å². The van der Waals surface area contributed by atoms with Gasteiger partial charge in [0.15, 0.2) is 0 Å². The molecule has 4 atom stereocenters. The Morgan fingerprint density at radius 2 is 2.00 bits per heavy atom. The van der Waals surface area contributed by atoms with Gasteiger partial charge in [0.1, 0.15) is 0 Å². The van der Waals surface area contributed by atoms with Gasteiger partial charge in [-0.1, -0.05) is 19.8 Å². The molecule has 1 fully saturated rings. The molecular weight excluding hydrogens is 127 g/mol. The molecule has 0 aromatic carbocycles. The van der Waals surface area contributed by atoms with Crippen LogP contribution < -0.4 is 0 Å². The molecule has 0 aromatic heterocycles. The van der Waals surface area contributed by atoms with Gasteiger partial charge in [0, 0.05) is 0 Å². The maximum atomic E-state index is 9.30. The number of hydrogen-bond donors (Lipinski definition) is 2. The molecule has 0 bridgehead atoms. The Bertz CT molecular complexity index is 118. The van der Waals surface area contributed by atoms with Crippen LogP contribution in [-0.4, -0.2) is 30.3 Å². The molecule has 0 spiro atoms. The molecule has 10 heavy (non-hydrogen) atoms. The lowest BCUT2D eigenvalue weighted by atomic mass is 9.83. The number of hydrogen-bond acceptors (Lipinski definition) is 2. The van der Waals surface area contributed by atoms with Gasteiger partial charge in [-0.25, -0.2) is 0 Å². The zero-order valence-electron chi connectivity index (χ0n) is 6.20. The van der Waals surface area contributed by atoms with Crippen molar-refractivity contribution >= 4 is 7.85 Å². The van der Waals surface area contributed by atoms with Crippen LogP contribution in [0, 0.1) is 5.92 Å². The highest BCUT2D eigenvalue weighted by Crippen LogP contribution is 2.35. The van der Waals surface area contributed by atoms with Gasteiger partial charge in [0.25, 0.3) is 0 Å². The van der Waals surface area contributed by atoms with Gasteiger partial charge < -0.3 is 10.2 Å². The Morgan fingerprint density at radius 1 is 1.40 bits per heavy atom. The highest BCUT2D eigenvalue weighted by atomic mass is 16.3. The van der Waals surface area contributed by atoms with Gasteiger partial charge in [-0.3, -0.25) is 0 Å². The van der Waals surface area contributed by atoms with E-state index in [-0.39, 0.29) is 11.7 Å². The van der Waals surface area contributed by atoms with E-state index in [9.17, 15) is 10.2 Å². The van der Waals surface area contributed by atoms with Crippen LogP contribution in [0.5, 0.6) is 0 Å². The van der Waals surface area contributed by atoms with Crippen LogP contribution in [0.4, 0.5) is 0 Å². The van der Waals surface area contributed by atoms with E-state index in [1.807, 2.05) is 6.92 Å². The van der Waals surface area contributed by atoms with E-state index in [2.05, 4.69) is 0 Å². The fourth-order valence-corrected chi connectivity index (χ4v) is 1.57. The molecule has 2 nitrogen and oxygen atoms in total. The summed E-state index contributed by atoms with van der Waals surface area (Å²) in [5.74, 6) is -0.0232. The Kier molecular flexibility index (Phi) is 2.37. The molecule has 1 aliphatic rings. The third-order valence-corrected chi connectivity index (χ3v) is 2.37. The molecule has 3 heteroatoms. The van der Waals surface area contributed by atoms with Crippen molar-refractivity contribution in [1.29, 1.82) is 0 Å². The standard InChI is InChI=1S/C7H13BO2/c1-2-4-3-5(8)7(10)6(4)9/h4-7,9-10H,2-3H2,1H3/t4-,5+,6?,7?/m0/s1. The second-order valence-corrected chi connectivity index (χ2v) is 3.05. The number of aliphatic hydroxyl groups is 2. The molecule has 1 aliphatic carbocycles. The molecule has 56 valence electrons. The van der Waals surface area contributed by atoms with Gasteiger partial charge in [-0.15, -0.1) is 0 Å². The Morgan fingerprint density at radius 3 is 2.20 bits per heavy atom. The summed E-state index contributed by atoms with van der Waals surface area (Å²) in [6.45, 7) is 2.00. The summed E-state index contributed by atoms with van der Waals surface area (Å²) in [5.41, 5.74) is 0. The molecule has 0 saturated heterocycles. The van der Waals surface area contributed by atoms with Crippen LogP contribution in [-0.2, 0) is 0 Å². The summed E-state index contributed by atoms with van der Waals surface area (Å²) in [5, 5.41) is 18.5. The zero-order valence-corrected chi connectivity index (χ0v) is 6.20. The first-order valence-electron chi connectivity index (χ1n) is 3.78. The quantitative estimate of drug-likeness (QED) is 0.507. The van der Waals surface area contributed by atoms with E-state index in [1.165, 1.54) is 0 Å². The van der Waals surface area contributed by atoms with E-state index < -0.39 is 12.2 Å². The first-order valence-corrected chi connectivity index (χ1v) is 3.78. The van der Waals surface area contributed by atoms with Crippen molar-refractivity contribution in [2.75, 3.05) is 0 Å². The van der Waals surface area contributed by atoms with Crippen molar-refractivity contribution in [3.8, 4) is 0 Å². The highest BCUT2D eigenvalue weighted by molar-refractivity contribution is 6.12. The molecule has 0 aromatic rings. The van der Waals surface area contributed by atoms with Crippen LogP contribution in [0.1, 0.15) is 19.8 Å². The smallest absolute Gasteiger partial charge is 0.0822 e. The van der Waals surface area contributed by atoms with Crippen LogP contribution >= 0.6 is 0 Å². The van der Waals surface area contributed by atoms with Crippen LogP contribution in [0.2, 0.25) is 5.82 Å². The lowest BCUT2D eigenvalue weighted by Crippen LogP contribution is -2.26. The molecule has 0 aliphatic heterocycles. The fourth-order valence-electron chi connectivity index (χ4n) is 1.57. The van der Waals surface area contributed by atoms with Crippen LogP contribution in [0.3, 0.4) is 0 Å². The van der Waals surface area contributed by atoms with Gasteiger partial charge >= 0.3 is 0 Å². The van der Waals surface area contributed by atoms with Gasteiger partial charge in [-0.05, 0) is 11.7 Å². The molecule has 0 amide bonds. The van der Waals surface area contributed by atoms with E-state index >= 15 is 0 Å².